The summed E-state index contributed by atoms with van der Waals surface area (Å²) in [7, 11) is -9.45. The first-order valence-corrected chi connectivity index (χ1v) is 45.7. The van der Waals surface area contributed by atoms with Crippen LogP contribution in [0.3, 0.4) is 0 Å². The summed E-state index contributed by atoms with van der Waals surface area (Å²) in [6.07, 6.45) is 0. The van der Waals surface area contributed by atoms with Crippen LogP contribution in [0.15, 0.2) is 24.3 Å². The van der Waals surface area contributed by atoms with E-state index in [1.165, 1.54) is 16.7 Å². The standard InChI is InChI=1S/C36H70Se2Si7/c1-26-22-27(2)32(28(3)23-26)45(37,38)33-30(35(41(10,11)12)42(13,14)15)24-29(34(39(4,5)6)40(7,8)9)25-31(33)36(43(16,17)18)44(19,20)21/h22-25,34-36H,1-21H3. The van der Waals surface area contributed by atoms with Crippen LogP contribution in [0.25, 0.3) is 0 Å². The van der Waals surface area contributed by atoms with Gasteiger partial charge >= 0.3 is 307 Å². The summed E-state index contributed by atoms with van der Waals surface area (Å²) in [6.45, 7) is 55.1. The van der Waals surface area contributed by atoms with Gasteiger partial charge in [-0.1, -0.05) is 0 Å². The molecule has 2 aromatic rings. The quantitative estimate of drug-likeness (QED) is 0.198. The van der Waals surface area contributed by atoms with E-state index in [0.717, 1.165) is 5.16 Å². The molecule has 2 radical (unpaired) electrons. The molecule has 0 amide bonds. The maximum absolute atomic E-state index is 4.06. The van der Waals surface area contributed by atoms with Crippen molar-refractivity contribution in [2.24, 2.45) is 0 Å². The molecule has 0 aliphatic heterocycles. The molecule has 0 bridgehead atoms. The van der Waals surface area contributed by atoms with Crippen LogP contribution in [-0.2, 0) is 0 Å². The third-order valence-corrected chi connectivity index (χ3v) is 45.4. The molecule has 0 saturated carbocycles. The van der Waals surface area contributed by atoms with Gasteiger partial charge in [-0.15, -0.1) is 0 Å². The van der Waals surface area contributed by atoms with E-state index in [0.29, 0.717) is 10.3 Å². The first-order chi connectivity index (χ1) is 19.6. The third-order valence-electron chi connectivity index (χ3n) is 9.71. The Morgan fingerprint density at radius 1 is 0.400 bits per heavy atom. The fraction of sp³-hybridized carbons (Fsp3) is 0.667. The number of hydrogen-bond acceptors (Lipinski definition) is 0. The number of benzene rings is 2. The van der Waals surface area contributed by atoms with Crippen LogP contribution >= 0.6 is 0 Å². The van der Waals surface area contributed by atoms with Gasteiger partial charge in [-0.2, -0.15) is 0 Å². The average molecular weight is 857 g/mol. The molecule has 0 unspecified atom stereocenters. The van der Waals surface area contributed by atoms with Crippen molar-refractivity contribution in [1.29, 1.82) is 0 Å². The van der Waals surface area contributed by atoms with Crippen molar-refractivity contribution in [3.8, 4) is 0 Å². The molecular formula is C36H70Se2Si7. The Kier molecular flexibility index (Phi) is 12.8. The first-order valence-electron chi connectivity index (χ1n) is 17.3. The fourth-order valence-electron chi connectivity index (χ4n) is 10.3. The predicted molar refractivity (Wildman–Crippen MR) is 232 cm³/mol. The Hall–Kier alpha value is 0.997. The molecule has 0 heterocycles. The van der Waals surface area contributed by atoms with Crippen molar-refractivity contribution in [3.63, 3.8) is 0 Å². The van der Waals surface area contributed by atoms with Gasteiger partial charge in [0.25, 0.3) is 0 Å². The summed E-state index contributed by atoms with van der Waals surface area (Å²) in [6, 6.07) is 10.6. The van der Waals surface area contributed by atoms with Crippen molar-refractivity contribution < 1.29 is 0 Å². The van der Waals surface area contributed by atoms with Crippen molar-refractivity contribution in [2.45, 2.75) is 154 Å². The zero-order valence-electron chi connectivity index (χ0n) is 33.4. The third kappa shape index (κ3) is 9.62. The minimum absolute atomic E-state index is 0.700. The molecule has 0 nitrogen and oxygen atoms in total. The second-order valence-corrected chi connectivity index (χ2v) is 68.4. The van der Waals surface area contributed by atoms with Crippen molar-refractivity contribution in [1.82, 2.24) is 0 Å². The second-order valence-electron chi connectivity index (χ2n) is 21.0. The van der Waals surface area contributed by atoms with Crippen LogP contribution in [0.2, 0.25) is 118 Å². The summed E-state index contributed by atoms with van der Waals surface area (Å²) in [4.78, 5) is 0. The number of hydrogen-bond donors (Lipinski definition) is 0. The van der Waals surface area contributed by atoms with Gasteiger partial charge in [0.15, 0.2) is 0 Å². The molecule has 2 aromatic carbocycles. The Morgan fingerprint density at radius 3 is 0.911 bits per heavy atom. The van der Waals surface area contributed by atoms with Gasteiger partial charge in [0.2, 0.25) is 0 Å². The number of aryl methyl sites for hydroxylation is 3. The summed E-state index contributed by atoms with van der Waals surface area (Å²) >= 11 is 8.11. The van der Waals surface area contributed by atoms with E-state index >= 15 is 0 Å². The van der Waals surface area contributed by atoms with Crippen molar-refractivity contribution in [3.05, 3.63) is 57.6 Å². The molecule has 2 rings (SSSR count). The van der Waals surface area contributed by atoms with E-state index in [1.807, 2.05) is 0 Å². The Balaban J connectivity index is 3.53. The zero-order valence-corrected chi connectivity index (χ0v) is 43.8. The molecule has 0 fully saturated rings. The molecule has 0 N–H and O–H groups in total. The summed E-state index contributed by atoms with van der Waals surface area (Å²) in [5.74, 6) is 0. The zero-order chi connectivity index (χ0) is 35.7. The van der Waals surface area contributed by atoms with Gasteiger partial charge in [0, 0.05) is 0 Å². The van der Waals surface area contributed by atoms with Crippen LogP contribution in [0, 0.1) is 20.8 Å². The van der Waals surface area contributed by atoms with Crippen LogP contribution in [0.4, 0.5) is 0 Å². The Labute approximate surface area is 304 Å². The van der Waals surface area contributed by atoms with Gasteiger partial charge < -0.3 is 0 Å². The molecule has 0 aliphatic rings. The molecule has 45 heavy (non-hydrogen) atoms. The predicted octanol–water partition coefficient (Wildman–Crippen LogP) is 10.0. The maximum atomic E-state index is 4.06. The average Bonchev–Trinajstić information content (AvgIpc) is 2.65. The van der Waals surface area contributed by atoms with Crippen LogP contribution in [0.5, 0.6) is 0 Å². The summed E-state index contributed by atoms with van der Waals surface area (Å²) < 4.78 is 0. The van der Waals surface area contributed by atoms with E-state index < -0.39 is 53.7 Å². The van der Waals surface area contributed by atoms with Crippen LogP contribution < -0.4 is 10.4 Å². The second kappa shape index (κ2) is 13.6. The van der Waals surface area contributed by atoms with Crippen LogP contribution in [0.1, 0.15) is 48.9 Å². The van der Waals surface area contributed by atoms with E-state index in [1.54, 1.807) is 27.1 Å². The van der Waals surface area contributed by atoms with Gasteiger partial charge in [0.05, 0.1) is 0 Å². The topological polar surface area (TPSA) is 0 Å². The number of rotatable bonds is 11. The molecule has 0 spiro atoms. The minimum atomic E-state index is -2.39. The van der Waals surface area contributed by atoms with E-state index in [2.05, 4.69) is 194 Å². The fourth-order valence-corrected chi connectivity index (χ4v) is 58.7. The summed E-state index contributed by atoms with van der Waals surface area (Å²) in [5.41, 5.74) is 9.61. The van der Waals surface area contributed by atoms with Gasteiger partial charge in [-0.3, -0.25) is 0 Å². The van der Waals surface area contributed by atoms with Crippen molar-refractivity contribution >= 4 is 94.8 Å². The molecule has 254 valence electrons. The SMILES string of the molecule is Cc1cc(C)c([Si]([Se])([Se])c2c(C([Si](C)(C)C)[Si](C)(C)C)cc(C([Si](C)(C)C)[Si](C)(C)C)cc2C([Si](C)(C)C)[Si](C)(C)C)c(C)c1. The molecule has 0 saturated heterocycles. The molecule has 0 aromatic heterocycles. The van der Waals surface area contributed by atoms with Crippen LogP contribution in [-0.4, -0.2) is 84.5 Å². The molecular weight excluding hydrogens is 787 g/mol. The normalized spacial score (nSPS) is 14.7. The van der Waals surface area contributed by atoms with Gasteiger partial charge in [-0.05, 0) is 0 Å². The Bertz CT molecular complexity index is 1260. The first kappa shape index (κ1) is 42.2. The molecule has 9 heteroatoms. The van der Waals surface area contributed by atoms with E-state index in [-0.39, 0.29) is 0 Å². The van der Waals surface area contributed by atoms with E-state index in [4.69, 9.17) is 0 Å². The monoisotopic (exact) mass is 858 g/mol. The van der Waals surface area contributed by atoms with Gasteiger partial charge in [-0.25, -0.2) is 0 Å². The molecule has 0 aliphatic carbocycles. The summed E-state index contributed by atoms with van der Waals surface area (Å²) in [5, 5.41) is 3.13. The van der Waals surface area contributed by atoms with E-state index in [9.17, 15) is 0 Å². The molecule has 0 atom stereocenters. The Morgan fingerprint density at radius 2 is 0.667 bits per heavy atom. The van der Waals surface area contributed by atoms with Gasteiger partial charge in [0.1, 0.15) is 0 Å². The van der Waals surface area contributed by atoms with Crippen molar-refractivity contribution in [2.75, 3.05) is 0 Å².